The predicted octanol–water partition coefficient (Wildman–Crippen LogP) is 3.51. The monoisotopic (exact) mass is 519 g/mol. The third-order valence-electron chi connectivity index (χ3n) is 6.74. The molecule has 37 heavy (non-hydrogen) atoms. The van der Waals surface area contributed by atoms with E-state index < -0.39 is 16.1 Å². The number of H-pyrrole nitrogens is 1. The van der Waals surface area contributed by atoms with Crippen molar-refractivity contribution >= 4 is 32.5 Å². The molecule has 1 unspecified atom stereocenters. The van der Waals surface area contributed by atoms with Gasteiger partial charge in [0.2, 0.25) is 15.9 Å². The molecule has 9 nitrogen and oxygen atoms in total. The summed E-state index contributed by atoms with van der Waals surface area (Å²) in [6, 6.07) is 17.4. The number of hydrogen-bond donors (Lipinski definition) is 3. The fourth-order valence-corrected chi connectivity index (χ4v) is 5.48. The second-order valence-corrected chi connectivity index (χ2v) is 10.8. The van der Waals surface area contributed by atoms with E-state index in [0.29, 0.717) is 43.2 Å². The summed E-state index contributed by atoms with van der Waals surface area (Å²) in [5, 5.41) is 16.5. The molecular formula is C27H29N5O4S. The van der Waals surface area contributed by atoms with Crippen molar-refractivity contribution in [3.8, 4) is 11.3 Å². The Hall–Kier alpha value is -3.57. The van der Waals surface area contributed by atoms with Gasteiger partial charge in [-0.2, -0.15) is 5.10 Å². The van der Waals surface area contributed by atoms with Gasteiger partial charge in [0.05, 0.1) is 23.6 Å². The molecule has 1 fully saturated rings. The summed E-state index contributed by atoms with van der Waals surface area (Å²) in [5.74, 6) is -0.125. The molecule has 2 heterocycles. The van der Waals surface area contributed by atoms with E-state index in [4.69, 9.17) is 9.88 Å². The third kappa shape index (κ3) is 5.14. The average molecular weight is 520 g/mol. The molecule has 0 saturated carbocycles. The Kier molecular flexibility index (Phi) is 6.82. The molecule has 192 valence electrons. The van der Waals surface area contributed by atoms with E-state index in [1.807, 2.05) is 50.2 Å². The van der Waals surface area contributed by atoms with Crippen LogP contribution in [0, 0.1) is 13.8 Å². The summed E-state index contributed by atoms with van der Waals surface area (Å²) in [4.78, 5) is 16.0. The number of aryl methyl sites for hydroxylation is 2. The number of morpholine rings is 1. The number of rotatable bonds is 6. The SMILES string of the molecule is Cc1cccc(C)c1C(C(=O)Nc1ccc2[nH]nc(-c3cccc(S(N)(=O)=O)c3)c2c1)N1CCOCC1. The molecule has 1 amide bonds. The largest absolute Gasteiger partial charge is 0.379 e. The molecular weight excluding hydrogens is 490 g/mol. The highest BCUT2D eigenvalue weighted by molar-refractivity contribution is 7.89. The molecule has 1 aliphatic rings. The first kappa shape index (κ1) is 25.1. The summed E-state index contributed by atoms with van der Waals surface area (Å²) in [6.07, 6.45) is 0. The Bertz CT molecular complexity index is 1550. The van der Waals surface area contributed by atoms with Gasteiger partial charge in [-0.1, -0.05) is 30.3 Å². The first-order chi connectivity index (χ1) is 17.7. The lowest BCUT2D eigenvalue weighted by atomic mass is 9.94. The van der Waals surface area contributed by atoms with Gasteiger partial charge in [-0.05, 0) is 60.9 Å². The zero-order valence-corrected chi connectivity index (χ0v) is 21.5. The van der Waals surface area contributed by atoms with Crippen molar-refractivity contribution in [2.75, 3.05) is 31.6 Å². The Labute approximate surface area is 215 Å². The second kappa shape index (κ2) is 10.1. The number of aromatic amines is 1. The molecule has 1 atom stereocenters. The fourth-order valence-electron chi connectivity index (χ4n) is 4.92. The van der Waals surface area contributed by atoms with Gasteiger partial charge < -0.3 is 10.1 Å². The fraction of sp³-hybridized carbons (Fsp3) is 0.259. The van der Waals surface area contributed by atoms with Crippen molar-refractivity contribution in [2.45, 2.75) is 24.8 Å². The smallest absolute Gasteiger partial charge is 0.246 e. The van der Waals surface area contributed by atoms with Gasteiger partial charge >= 0.3 is 0 Å². The number of hydrogen-bond acceptors (Lipinski definition) is 6. The lowest BCUT2D eigenvalue weighted by Gasteiger charge is -2.35. The normalized spacial score (nSPS) is 15.5. The molecule has 1 aromatic heterocycles. The van der Waals surface area contributed by atoms with Crippen molar-refractivity contribution in [3.05, 3.63) is 77.4 Å². The number of aromatic nitrogens is 2. The van der Waals surface area contributed by atoms with E-state index in [1.54, 1.807) is 12.1 Å². The highest BCUT2D eigenvalue weighted by atomic mass is 32.2. The molecule has 1 saturated heterocycles. The molecule has 0 bridgehead atoms. The minimum absolute atomic E-state index is 0.00700. The van der Waals surface area contributed by atoms with Crippen LogP contribution in [0.3, 0.4) is 0 Å². The minimum Gasteiger partial charge on any atom is -0.379 e. The van der Waals surface area contributed by atoms with Gasteiger partial charge in [-0.25, -0.2) is 13.6 Å². The van der Waals surface area contributed by atoms with Gasteiger partial charge in [0.15, 0.2) is 0 Å². The van der Waals surface area contributed by atoms with Crippen molar-refractivity contribution in [1.82, 2.24) is 15.1 Å². The third-order valence-corrected chi connectivity index (χ3v) is 7.65. The van der Waals surface area contributed by atoms with E-state index in [1.165, 1.54) is 12.1 Å². The summed E-state index contributed by atoms with van der Waals surface area (Å²) in [5.41, 5.74) is 5.68. The van der Waals surface area contributed by atoms with Gasteiger partial charge in [0, 0.05) is 29.7 Å². The topological polar surface area (TPSA) is 130 Å². The lowest BCUT2D eigenvalue weighted by Crippen LogP contribution is -2.44. The summed E-state index contributed by atoms with van der Waals surface area (Å²) < 4.78 is 29.2. The van der Waals surface area contributed by atoms with E-state index in [2.05, 4.69) is 20.4 Å². The number of nitrogens with one attached hydrogen (secondary N) is 2. The summed E-state index contributed by atoms with van der Waals surface area (Å²) in [6.45, 7) is 6.55. The minimum atomic E-state index is -3.86. The highest BCUT2D eigenvalue weighted by Crippen LogP contribution is 2.32. The van der Waals surface area contributed by atoms with Gasteiger partial charge in [0.25, 0.3) is 0 Å². The van der Waals surface area contributed by atoms with E-state index >= 15 is 0 Å². The number of sulfonamides is 1. The molecule has 10 heteroatoms. The quantitative estimate of drug-likeness (QED) is 0.357. The molecule has 5 rings (SSSR count). The van der Waals surface area contributed by atoms with Gasteiger partial charge in [-0.15, -0.1) is 0 Å². The number of benzene rings is 3. The Morgan fingerprint density at radius 3 is 2.46 bits per heavy atom. The number of fused-ring (bicyclic) bond motifs is 1. The number of amides is 1. The predicted molar refractivity (Wildman–Crippen MR) is 143 cm³/mol. The van der Waals surface area contributed by atoms with Crippen molar-refractivity contribution in [2.24, 2.45) is 5.14 Å². The standard InChI is InChI=1S/C27H29N5O4S/c1-17-5-3-6-18(2)24(17)26(32-11-13-36-14-12-32)27(33)29-20-9-10-23-22(16-20)25(31-30-23)19-7-4-8-21(15-19)37(28,34)35/h3-10,15-16,26H,11-14H2,1-2H3,(H,29,33)(H,30,31)(H2,28,34,35). The maximum atomic E-state index is 13.8. The molecule has 0 spiro atoms. The zero-order valence-electron chi connectivity index (χ0n) is 20.7. The van der Waals surface area contributed by atoms with E-state index in [0.717, 1.165) is 27.6 Å². The van der Waals surface area contributed by atoms with Crippen LogP contribution in [-0.2, 0) is 19.6 Å². The summed E-state index contributed by atoms with van der Waals surface area (Å²) >= 11 is 0. The Morgan fingerprint density at radius 2 is 1.76 bits per heavy atom. The van der Waals surface area contributed by atoms with Crippen LogP contribution in [0.25, 0.3) is 22.2 Å². The van der Waals surface area contributed by atoms with Gasteiger partial charge in [0.1, 0.15) is 11.7 Å². The number of carbonyl (C=O) groups excluding carboxylic acids is 1. The van der Waals surface area contributed by atoms with E-state index in [9.17, 15) is 13.2 Å². The maximum Gasteiger partial charge on any atom is 0.246 e. The molecule has 3 aromatic carbocycles. The number of carbonyl (C=O) groups is 1. The second-order valence-electron chi connectivity index (χ2n) is 9.25. The molecule has 4 aromatic rings. The van der Waals surface area contributed by atoms with Crippen LogP contribution >= 0.6 is 0 Å². The maximum absolute atomic E-state index is 13.8. The first-order valence-electron chi connectivity index (χ1n) is 12.0. The number of primary sulfonamides is 1. The van der Waals surface area contributed by atoms with Crippen molar-refractivity contribution in [3.63, 3.8) is 0 Å². The number of nitrogens with two attached hydrogens (primary N) is 1. The number of nitrogens with zero attached hydrogens (tertiary/aromatic N) is 2. The number of ether oxygens (including phenoxy) is 1. The van der Waals surface area contributed by atoms with Gasteiger partial charge in [-0.3, -0.25) is 14.8 Å². The highest BCUT2D eigenvalue weighted by Gasteiger charge is 2.31. The average Bonchev–Trinajstić information content (AvgIpc) is 3.30. The molecule has 1 aliphatic heterocycles. The molecule has 0 radical (unpaired) electrons. The van der Waals surface area contributed by atoms with Crippen LogP contribution in [0.1, 0.15) is 22.7 Å². The zero-order chi connectivity index (χ0) is 26.2. The molecule has 4 N–H and O–H groups in total. The first-order valence-corrected chi connectivity index (χ1v) is 13.6. The van der Waals surface area contributed by atoms with Crippen LogP contribution in [0.5, 0.6) is 0 Å². The van der Waals surface area contributed by atoms with Crippen LogP contribution in [0.15, 0.2) is 65.6 Å². The molecule has 0 aliphatic carbocycles. The van der Waals surface area contributed by atoms with Crippen LogP contribution in [0.2, 0.25) is 0 Å². The number of anilines is 1. The van der Waals surface area contributed by atoms with Crippen LogP contribution < -0.4 is 10.5 Å². The Morgan fingerprint density at radius 1 is 1.05 bits per heavy atom. The Balaban J connectivity index is 1.50. The van der Waals surface area contributed by atoms with E-state index in [-0.39, 0.29) is 10.8 Å². The lowest BCUT2D eigenvalue weighted by molar-refractivity contribution is -0.123. The van der Waals surface area contributed by atoms with Crippen LogP contribution in [-0.4, -0.2) is 55.7 Å². The van der Waals surface area contributed by atoms with Crippen molar-refractivity contribution in [1.29, 1.82) is 0 Å². The van der Waals surface area contributed by atoms with Crippen LogP contribution in [0.4, 0.5) is 5.69 Å². The summed E-state index contributed by atoms with van der Waals surface area (Å²) in [7, 11) is -3.86. The van der Waals surface area contributed by atoms with Crippen molar-refractivity contribution < 1.29 is 17.9 Å².